The number of hydrogen-bond acceptors (Lipinski definition) is 3. The maximum atomic E-state index is 6.60. The summed E-state index contributed by atoms with van der Waals surface area (Å²) in [5.41, 5.74) is 12.6. The molecule has 7 aromatic carbocycles. The Bertz CT molecular complexity index is 3360. The number of para-hydroxylation sites is 2. The van der Waals surface area contributed by atoms with Crippen molar-refractivity contribution in [3.05, 3.63) is 212 Å². The van der Waals surface area contributed by atoms with Gasteiger partial charge in [0.25, 0.3) is 6.33 Å². The zero-order valence-corrected chi connectivity index (χ0v) is 37.1. The SMILES string of the molecule is CC(C)(C)c1ccnc(-n2c3[c-]c(Oc4[c-]c(-c5coc6c(-c7ccccc7)[n+](-c7c(-c8ccccc8)cccc7-c7ccccc7)[c-]n56)ccc4)ccc3c3ccccc32)c1.[Pt]. The standard InChI is InChI=1S/C56H40N4O2.Pt/c1-56(2,3)42-31-32-57-52(34-42)60-49-28-14-13-25-47(49)48-30-29-44(35-50(48)60)62-43-24-15-23-41(33-43)51-36-61-55-53(40-21-11-6-12-22-40)59(37-58(51)55)54-45(38-17-7-4-8-18-38)26-16-27-46(54)39-19-9-5-10-20-39;/h4-32,34,36H,1-3H3;/q-2;. The van der Waals surface area contributed by atoms with E-state index < -0.39 is 0 Å². The Labute approximate surface area is 380 Å². The Morgan fingerprint density at radius 1 is 0.619 bits per heavy atom. The van der Waals surface area contributed by atoms with Crippen molar-refractivity contribution in [2.75, 3.05) is 0 Å². The van der Waals surface area contributed by atoms with Crippen LogP contribution in [-0.2, 0) is 26.5 Å². The van der Waals surface area contributed by atoms with Gasteiger partial charge in [0.15, 0.2) is 0 Å². The topological polar surface area (TPSA) is 48.5 Å². The van der Waals surface area contributed by atoms with Crippen molar-refractivity contribution in [2.24, 2.45) is 0 Å². The average Bonchev–Trinajstić information content (AvgIpc) is 4.00. The fraction of sp³-hybridized carbons (Fsp3) is 0.0714. The Morgan fingerprint density at radius 2 is 1.25 bits per heavy atom. The van der Waals surface area contributed by atoms with Gasteiger partial charge in [0, 0.05) is 44.3 Å². The third-order valence-electron chi connectivity index (χ3n) is 11.5. The summed E-state index contributed by atoms with van der Waals surface area (Å²) in [6.07, 6.45) is 7.41. The largest absolute Gasteiger partial charge is 0.503 e. The van der Waals surface area contributed by atoms with Gasteiger partial charge in [0.05, 0.1) is 17.6 Å². The number of ether oxygens (including phenoxy) is 1. The van der Waals surface area contributed by atoms with Gasteiger partial charge in [-0.05, 0) is 62.4 Å². The number of oxazole rings is 1. The van der Waals surface area contributed by atoms with Crippen LogP contribution in [0.3, 0.4) is 0 Å². The van der Waals surface area contributed by atoms with Gasteiger partial charge in [-0.3, -0.25) is 8.97 Å². The third kappa shape index (κ3) is 7.16. The van der Waals surface area contributed by atoms with E-state index >= 15 is 0 Å². The second kappa shape index (κ2) is 16.2. The van der Waals surface area contributed by atoms with Crippen molar-refractivity contribution >= 4 is 27.5 Å². The Kier molecular flexibility index (Phi) is 10.2. The zero-order valence-electron chi connectivity index (χ0n) is 34.8. The molecule has 0 saturated heterocycles. The Morgan fingerprint density at radius 3 is 1.95 bits per heavy atom. The molecule has 0 amide bonds. The van der Waals surface area contributed by atoms with Crippen LogP contribution in [0.15, 0.2) is 193 Å². The summed E-state index contributed by atoms with van der Waals surface area (Å²) in [5.74, 6) is 1.96. The van der Waals surface area contributed by atoms with Crippen LogP contribution in [0, 0.1) is 18.5 Å². The van der Waals surface area contributed by atoms with Gasteiger partial charge in [0.2, 0.25) is 5.71 Å². The van der Waals surface area contributed by atoms with E-state index in [2.05, 4.69) is 182 Å². The number of nitrogens with zero attached hydrogens (tertiary/aromatic N) is 4. The molecule has 0 spiro atoms. The van der Waals surface area contributed by atoms with Crippen LogP contribution in [0.2, 0.25) is 0 Å². The normalized spacial score (nSPS) is 11.6. The molecule has 0 radical (unpaired) electrons. The molecule has 0 fully saturated rings. The first-order chi connectivity index (χ1) is 30.4. The summed E-state index contributed by atoms with van der Waals surface area (Å²) in [7, 11) is 0. The molecule has 4 aromatic heterocycles. The molecule has 0 atom stereocenters. The summed E-state index contributed by atoms with van der Waals surface area (Å²) in [6.45, 7) is 6.66. The number of aromatic nitrogens is 4. The molecular formula is C56H40N4O2Pt-2. The van der Waals surface area contributed by atoms with Crippen LogP contribution in [-0.4, -0.2) is 14.0 Å². The minimum absolute atomic E-state index is 0. The van der Waals surface area contributed by atoms with Crippen molar-refractivity contribution in [3.63, 3.8) is 0 Å². The molecule has 0 unspecified atom stereocenters. The molecule has 0 saturated carbocycles. The zero-order chi connectivity index (χ0) is 41.8. The van der Waals surface area contributed by atoms with Crippen LogP contribution < -0.4 is 9.30 Å². The Balaban J connectivity index is 0.00000471. The van der Waals surface area contributed by atoms with Crippen LogP contribution in [0.4, 0.5) is 0 Å². The molecule has 4 heterocycles. The number of imidazole rings is 1. The van der Waals surface area contributed by atoms with Gasteiger partial charge in [0.1, 0.15) is 11.5 Å². The van der Waals surface area contributed by atoms with E-state index in [1.807, 2.05) is 53.1 Å². The molecule has 0 N–H and O–H groups in total. The monoisotopic (exact) mass is 995 g/mol. The summed E-state index contributed by atoms with van der Waals surface area (Å²) in [4.78, 5) is 4.84. The van der Waals surface area contributed by atoms with Gasteiger partial charge in [-0.15, -0.1) is 35.7 Å². The molecule has 11 aromatic rings. The second-order valence-electron chi connectivity index (χ2n) is 16.5. The first kappa shape index (κ1) is 39.8. The van der Waals surface area contributed by atoms with Gasteiger partial charge in [-0.2, -0.15) is 6.07 Å². The molecule has 308 valence electrons. The second-order valence-corrected chi connectivity index (χ2v) is 16.5. The molecule has 0 aliphatic carbocycles. The molecule has 11 rings (SSSR count). The first-order valence-electron chi connectivity index (χ1n) is 20.8. The minimum atomic E-state index is -0.0324. The predicted octanol–water partition coefficient (Wildman–Crippen LogP) is 13.5. The summed E-state index contributed by atoms with van der Waals surface area (Å²) in [5, 5.41) is 2.20. The van der Waals surface area contributed by atoms with Crippen LogP contribution in [0.5, 0.6) is 11.5 Å². The average molecular weight is 996 g/mol. The number of fused-ring (bicyclic) bond motifs is 4. The number of benzene rings is 7. The molecule has 0 aliphatic heterocycles. The van der Waals surface area contributed by atoms with E-state index in [9.17, 15) is 0 Å². The van der Waals surface area contributed by atoms with Gasteiger partial charge in [-0.25, -0.2) is 4.98 Å². The first-order valence-corrected chi connectivity index (χ1v) is 20.8. The van der Waals surface area contributed by atoms with E-state index in [1.165, 1.54) is 5.56 Å². The van der Waals surface area contributed by atoms with E-state index in [1.54, 1.807) is 6.26 Å². The molecule has 6 nitrogen and oxygen atoms in total. The van der Waals surface area contributed by atoms with Crippen molar-refractivity contribution in [3.8, 4) is 67.8 Å². The Hall–Kier alpha value is -7.27. The van der Waals surface area contributed by atoms with Crippen LogP contribution in [0.25, 0.3) is 83.8 Å². The van der Waals surface area contributed by atoms with Gasteiger partial charge < -0.3 is 13.7 Å². The van der Waals surface area contributed by atoms with Crippen molar-refractivity contribution in [1.82, 2.24) is 14.0 Å². The fourth-order valence-corrected chi connectivity index (χ4v) is 8.47. The van der Waals surface area contributed by atoms with Crippen molar-refractivity contribution < 1.29 is 34.8 Å². The molecule has 0 aliphatic rings. The van der Waals surface area contributed by atoms with Gasteiger partial charge >= 0.3 is 0 Å². The van der Waals surface area contributed by atoms with E-state index in [0.29, 0.717) is 17.2 Å². The predicted molar refractivity (Wildman–Crippen MR) is 247 cm³/mol. The molecule has 63 heavy (non-hydrogen) atoms. The summed E-state index contributed by atoms with van der Waals surface area (Å²) >= 11 is 0. The molecule has 7 heteroatoms. The van der Waals surface area contributed by atoms with Crippen molar-refractivity contribution in [1.29, 1.82) is 0 Å². The minimum Gasteiger partial charge on any atom is -0.503 e. The van der Waals surface area contributed by atoms with Gasteiger partial charge in [-0.1, -0.05) is 165 Å². The maximum absolute atomic E-state index is 6.60. The summed E-state index contributed by atoms with van der Waals surface area (Å²) in [6, 6.07) is 67.6. The van der Waals surface area contributed by atoms with E-state index in [-0.39, 0.29) is 26.5 Å². The fourth-order valence-electron chi connectivity index (χ4n) is 8.47. The van der Waals surface area contributed by atoms with E-state index in [4.69, 9.17) is 14.1 Å². The van der Waals surface area contributed by atoms with Crippen LogP contribution >= 0.6 is 0 Å². The number of pyridine rings is 1. The van der Waals surface area contributed by atoms with Crippen molar-refractivity contribution in [2.45, 2.75) is 26.2 Å². The third-order valence-corrected chi connectivity index (χ3v) is 11.5. The van der Waals surface area contributed by atoms with E-state index in [0.717, 1.165) is 78.1 Å². The quantitative estimate of drug-likeness (QED) is 0.113. The molecular weight excluding hydrogens is 956 g/mol. The van der Waals surface area contributed by atoms with Crippen LogP contribution in [0.1, 0.15) is 26.3 Å². The molecule has 0 bridgehead atoms. The smallest absolute Gasteiger partial charge is 0.272 e. The summed E-state index contributed by atoms with van der Waals surface area (Å²) < 4.78 is 19.5. The number of rotatable bonds is 8. The maximum Gasteiger partial charge on any atom is 0.272 e. The number of hydrogen-bond donors (Lipinski definition) is 0.